The van der Waals surface area contributed by atoms with Gasteiger partial charge in [0, 0.05) is 62.0 Å². The van der Waals surface area contributed by atoms with Gasteiger partial charge in [-0.2, -0.15) is 0 Å². The van der Waals surface area contributed by atoms with Crippen molar-refractivity contribution in [1.82, 2.24) is 15.1 Å². The Morgan fingerprint density at radius 3 is 2.50 bits per heavy atom. The van der Waals surface area contributed by atoms with Crippen LogP contribution in [0.4, 0.5) is 22.0 Å². The number of ether oxygens (including phenoxy) is 2. The highest BCUT2D eigenvalue weighted by atomic mass is 35.5. The number of halogens is 1. The zero-order chi connectivity index (χ0) is 26.1. The van der Waals surface area contributed by atoms with Gasteiger partial charge >= 0.3 is 6.09 Å². The van der Waals surface area contributed by atoms with Crippen molar-refractivity contribution in [3.05, 3.63) is 71.4 Å². The fraction of sp³-hybridized carbons (Fsp3) is 0.393. The number of benzene rings is 2. The van der Waals surface area contributed by atoms with Gasteiger partial charge < -0.3 is 29.9 Å². The maximum absolute atomic E-state index is 12.3. The number of rotatable bonds is 7. The Bertz CT molecular complexity index is 1270. The Balaban J connectivity index is 1.01. The number of nitrogens with zero attached hydrogens (tertiary/aromatic N) is 5. The fourth-order valence-corrected chi connectivity index (χ4v) is 5.87. The minimum absolute atomic E-state index is 0.270. The Morgan fingerprint density at radius 2 is 1.74 bits per heavy atom. The van der Waals surface area contributed by atoms with Crippen LogP contribution in [0.15, 0.2) is 60.7 Å². The number of nitrogen functional groups attached to an aromatic ring is 1. The van der Waals surface area contributed by atoms with E-state index < -0.39 is 0 Å². The molecule has 2 bridgehead atoms. The second-order valence-corrected chi connectivity index (χ2v) is 10.6. The summed E-state index contributed by atoms with van der Waals surface area (Å²) in [6, 6.07) is 20.6. The van der Waals surface area contributed by atoms with Gasteiger partial charge in [0.1, 0.15) is 12.4 Å². The molecule has 1 amide bonds. The van der Waals surface area contributed by atoms with Gasteiger partial charge in [-0.25, -0.2) is 4.79 Å². The molecule has 3 aromatic rings. The molecule has 6 rings (SSSR count). The molecule has 1 aromatic heterocycles. The van der Waals surface area contributed by atoms with E-state index >= 15 is 0 Å². The second kappa shape index (κ2) is 10.6. The Kier molecular flexibility index (Phi) is 6.84. The first-order chi connectivity index (χ1) is 18.5. The number of likely N-dealkylation sites (tertiary alicyclic amines) is 1. The molecule has 0 radical (unpaired) electrons. The van der Waals surface area contributed by atoms with Gasteiger partial charge in [-0.15, -0.1) is 10.2 Å². The lowest BCUT2D eigenvalue weighted by atomic mass is 10.0. The smallest absolute Gasteiger partial charge is 0.410 e. The maximum Gasteiger partial charge on any atom is 0.410 e. The van der Waals surface area contributed by atoms with Crippen LogP contribution in [0.1, 0.15) is 18.4 Å². The predicted octanol–water partition coefficient (Wildman–Crippen LogP) is 4.22. The van der Waals surface area contributed by atoms with E-state index in [4.69, 9.17) is 26.8 Å². The SMILES string of the molecule is Nc1nnc(Cl)cc1N1C[C@H]2CC[C@@H](C1)N2c1cccc(OCC2CN(C(=O)OCc3ccccc3)C2)c1. The molecule has 2 N–H and O–H groups in total. The lowest BCUT2D eigenvalue weighted by molar-refractivity contribution is 0.0343. The number of hydrogen-bond donors (Lipinski definition) is 1. The maximum atomic E-state index is 12.3. The quantitative estimate of drug-likeness (QED) is 0.481. The summed E-state index contributed by atoms with van der Waals surface area (Å²) in [7, 11) is 0. The summed E-state index contributed by atoms with van der Waals surface area (Å²) in [5, 5.41) is 8.19. The van der Waals surface area contributed by atoms with Crippen LogP contribution in [0.3, 0.4) is 0 Å². The summed E-state index contributed by atoms with van der Waals surface area (Å²) >= 11 is 6.09. The molecule has 3 saturated heterocycles. The third-order valence-electron chi connectivity index (χ3n) is 7.62. The Hall–Kier alpha value is -3.72. The average Bonchev–Trinajstić information content (AvgIpc) is 3.18. The summed E-state index contributed by atoms with van der Waals surface area (Å²) in [4.78, 5) is 18.8. The number of piperazine rings is 1. The van der Waals surface area contributed by atoms with Crippen LogP contribution in [-0.2, 0) is 11.3 Å². The van der Waals surface area contributed by atoms with E-state index in [1.165, 1.54) is 5.69 Å². The lowest BCUT2D eigenvalue weighted by Gasteiger charge is -2.43. The fourth-order valence-electron chi connectivity index (χ4n) is 5.73. The summed E-state index contributed by atoms with van der Waals surface area (Å²) < 4.78 is 11.6. The van der Waals surface area contributed by atoms with Gasteiger partial charge in [-0.1, -0.05) is 48.0 Å². The molecule has 2 atom stereocenters. The third kappa shape index (κ3) is 5.15. The zero-order valence-electron chi connectivity index (χ0n) is 21.1. The first-order valence-corrected chi connectivity index (χ1v) is 13.4. The van der Waals surface area contributed by atoms with E-state index in [0.29, 0.717) is 55.3 Å². The largest absolute Gasteiger partial charge is 0.493 e. The van der Waals surface area contributed by atoms with Crippen molar-refractivity contribution in [2.75, 3.05) is 48.3 Å². The van der Waals surface area contributed by atoms with Crippen molar-refractivity contribution in [3.63, 3.8) is 0 Å². The first-order valence-electron chi connectivity index (χ1n) is 13.0. The number of aromatic nitrogens is 2. The Labute approximate surface area is 227 Å². The number of nitrogens with two attached hydrogens (primary N) is 1. The third-order valence-corrected chi connectivity index (χ3v) is 7.80. The highest BCUT2D eigenvalue weighted by Crippen LogP contribution is 2.38. The number of carbonyl (C=O) groups is 1. The first kappa shape index (κ1) is 24.6. The van der Waals surface area contributed by atoms with Crippen molar-refractivity contribution in [2.24, 2.45) is 5.92 Å². The molecular weight excluding hydrogens is 504 g/mol. The number of amides is 1. The average molecular weight is 535 g/mol. The molecule has 3 fully saturated rings. The van der Waals surface area contributed by atoms with Gasteiger partial charge in [-0.3, -0.25) is 0 Å². The van der Waals surface area contributed by atoms with Crippen LogP contribution in [0.2, 0.25) is 5.15 Å². The molecule has 38 heavy (non-hydrogen) atoms. The monoisotopic (exact) mass is 534 g/mol. The predicted molar refractivity (Wildman–Crippen MR) is 147 cm³/mol. The topological polar surface area (TPSA) is 97.0 Å². The van der Waals surface area contributed by atoms with Crippen molar-refractivity contribution in [2.45, 2.75) is 31.5 Å². The Morgan fingerprint density at radius 1 is 0.974 bits per heavy atom. The summed E-state index contributed by atoms with van der Waals surface area (Å²) in [6.45, 7) is 3.87. The van der Waals surface area contributed by atoms with E-state index in [9.17, 15) is 4.79 Å². The van der Waals surface area contributed by atoms with Crippen LogP contribution in [0.25, 0.3) is 0 Å². The molecule has 4 heterocycles. The van der Waals surface area contributed by atoms with Crippen molar-refractivity contribution < 1.29 is 14.3 Å². The molecule has 3 aliphatic rings. The number of hydrogen-bond acceptors (Lipinski definition) is 8. The molecule has 3 aliphatic heterocycles. The van der Waals surface area contributed by atoms with Crippen LogP contribution in [0.5, 0.6) is 5.75 Å². The van der Waals surface area contributed by atoms with E-state index in [2.05, 4.69) is 38.2 Å². The molecule has 0 saturated carbocycles. The second-order valence-electron chi connectivity index (χ2n) is 10.3. The summed E-state index contributed by atoms with van der Waals surface area (Å²) in [6.07, 6.45) is 1.97. The van der Waals surface area contributed by atoms with E-state index in [1.807, 2.05) is 36.4 Å². The van der Waals surface area contributed by atoms with Crippen LogP contribution in [-0.4, -0.2) is 66.1 Å². The summed E-state index contributed by atoms with van der Waals surface area (Å²) in [5.41, 5.74) is 9.12. The van der Waals surface area contributed by atoms with Crippen molar-refractivity contribution >= 4 is 34.9 Å². The number of fused-ring (bicyclic) bond motifs is 2. The zero-order valence-corrected chi connectivity index (χ0v) is 21.8. The highest BCUT2D eigenvalue weighted by molar-refractivity contribution is 6.29. The van der Waals surface area contributed by atoms with E-state index in [0.717, 1.165) is 42.9 Å². The van der Waals surface area contributed by atoms with Crippen molar-refractivity contribution in [1.29, 1.82) is 0 Å². The normalized spacial score (nSPS) is 20.8. The highest BCUT2D eigenvalue weighted by Gasteiger charge is 2.41. The van der Waals surface area contributed by atoms with Gasteiger partial charge in [0.15, 0.2) is 11.0 Å². The molecule has 9 nitrogen and oxygen atoms in total. The number of carbonyl (C=O) groups excluding carboxylic acids is 1. The molecular formula is C28H31ClN6O3. The standard InChI is InChI=1S/C28H31ClN6O3/c29-26-12-25(27(30)32-31-26)33-15-22-9-10-23(16-33)35(22)21-7-4-8-24(11-21)37-18-20-13-34(14-20)28(36)38-17-19-5-2-1-3-6-19/h1-8,11-12,20,22-23H,9-10,13-18H2,(H2,30,32)/t22-,23+. The van der Waals surface area contributed by atoms with Gasteiger partial charge in [0.25, 0.3) is 0 Å². The molecule has 198 valence electrons. The van der Waals surface area contributed by atoms with Gasteiger partial charge in [0.05, 0.1) is 12.3 Å². The molecule has 0 aliphatic carbocycles. The molecule has 10 heteroatoms. The minimum atomic E-state index is -0.270. The number of anilines is 3. The van der Waals surface area contributed by atoms with Crippen LogP contribution in [0, 0.1) is 5.92 Å². The van der Waals surface area contributed by atoms with Crippen molar-refractivity contribution in [3.8, 4) is 5.75 Å². The minimum Gasteiger partial charge on any atom is -0.493 e. The van der Waals surface area contributed by atoms with Crippen LogP contribution < -0.4 is 20.3 Å². The summed E-state index contributed by atoms with van der Waals surface area (Å²) in [5.74, 6) is 1.56. The molecule has 0 unspecified atom stereocenters. The van der Waals surface area contributed by atoms with Crippen LogP contribution >= 0.6 is 11.6 Å². The van der Waals surface area contributed by atoms with Gasteiger partial charge in [0.2, 0.25) is 0 Å². The molecule has 0 spiro atoms. The van der Waals surface area contributed by atoms with E-state index in [-0.39, 0.29) is 6.09 Å². The molecule has 2 aromatic carbocycles. The van der Waals surface area contributed by atoms with E-state index in [1.54, 1.807) is 11.0 Å². The van der Waals surface area contributed by atoms with Gasteiger partial charge in [-0.05, 0) is 30.5 Å². The lowest BCUT2D eigenvalue weighted by Crippen LogP contribution is -2.54.